The zero-order chi connectivity index (χ0) is 32.3. The molecule has 3 amide bonds. The first-order valence-corrected chi connectivity index (χ1v) is 17.0. The Labute approximate surface area is 269 Å². The Kier molecular flexibility index (Phi) is 9.05. The number of hydrogen-bond donors (Lipinski definition) is 3. The number of nitrogens with two attached hydrogens (primary N) is 1. The van der Waals surface area contributed by atoms with Crippen LogP contribution in [0.3, 0.4) is 0 Å². The minimum absolute atomic E-state index is 0.0232. The third-order valence-corrected chi connectivity index (χ3v) is 9.38. The van der Waals surface area contributed by atoms with Gasteiger partial charge in [-0.25, -0.2) is 18.5 Å². The van der Waals surface area contributed by atoms with E-state index in [2.05, 4.69) is 15.6 Å². The second-order valence-corrected chi connectivity index (χ2v) is 13.2. The molecular formula is C31H30N6O7S2. The van der Waals surface area contributed by atoms with Crippen molar-refractivity contribution in [2.75, 3.05) is 19.1 Å². The maximum absolute atomic E-state index is 13.1. The molecule has 15 heteroatoms. The van der Waals surface area contributed by atoms with Gasteiger partial charge in [0.2, 0.25) is 28.6 Å². The van der Waals surface area contributed by atoms with E-state index in [1.807, 2.05) is 36.4 Å². The van der Waals surface area contributed by atoms with Crippen molar-refractivity contribution in [3.63, 3.8) is 0 Å². The number of nitrogens with zero attached hydrogens (tertiary/aromatic N) is 3. The van der Waals surface area contributed by atoms with E-state index in [9.17, 15) is 22.8 Å². The number of carbonyl (C=O) groups is 3. The van der Waals surface area contributed by atoms with E-state index in [0.717, 1.165) is 11.1 Å². The Morgan fingerprint density at radius 2 is 1.72 bits per heavy atom. The van der Waals surface area contributed by atoms with E-state index in [4.69, 9.17) is 19.6 Å². The summed E-state index contributed by atoms with van der Waals surface area (Å²) < 4.78 is 33.6. The van der Waals surface area contributed by atoms with Crippen LogP contribution in [0.2, 0.25) is 0 Å². The average molecular weight is 663 g/mol. The van der Waals surface area contributed by atoms with Crippen LogP contribution < -0.4 is 25.2 Å². The lowest BCUT2D eigenvalue weighted by Gasteiger charge is -2.31. The summed E-state index contributed by atoms with van der Waals surface area (Å²) in [6, 6.07) is 18.2. The number of fused-ring (bicyclic) bond motifs is 4. The fourth-order valence-corrected chi connectivity index (χ4v) is 6.55. The van der Waals surface area contributed by atoms with Gasteiger partial charge >= 0.3 is 0 Å². The van der Waals surface area contributed by atoms with Crippen LogP contribution >= 0.6 is 11.8 Å². The van der Waals surface area contributed by atoms with Crippen molar-refractivity contribution < 1.29 is 32.3 Å². The molecule has 238 valence electrons. The Balaban J connectivity index is 1.05. The Hall–Kier alpha value is -4.73. The lowest BCUT2D eigenvalue weighted by molar-refractivity contribution is -0.122. The maximum atomic E-state index is 13.1. The summed E-state index contributed by atoms with van der Waals surface area (Å²) in [5, 5.41) is 11.3. The molecule has 3 aromatic rings. The van der Waals surface area contributed by atoms with Crippen LogP contribution in [0.15, 0.2) is 81.6 Å². The largest absolute Gasteiger partial charge is 0.454 e. The molecule has 1 unspecified atom stereocenters. The number of sulfonamides is 1. The molecule has 3 aromatic carbocycles. The summed E-state index contributed by atoms with van der Waals surface area (Å²) in [7, 11) is -3.77. The van der Waals surface area contributed by atoms with Crippen molar-refractivity contribution in [2.24, 2.45) is 15.1 Å². The van der Waals surface area contributed by atoms with Gasteiger partial charge in [-0.05, 0) is 60.4 Å². The Morgan fingerprint density at radius 3 is 2.52 bits per heavy atom. The number of benzene rings is 3. The Morgan fingerprint density at radius 1 is 0.957 bits per heavy atom. The highest BCUT2D eigenvalue weighted by molar-refractivity contribution is 8.14. The van der Waals surface area contributed by atoms with Gasteiger partial charge in [-0.2, -0.15) is 4.99 Å². The molecule has 0 saturated heterocycles. The number of carbonyl (C=O) groups excluding carboxylic acids is 3. The SMILES string of the molecule is NS(=O)(=O)c1ccc(CCNC(=O)CSC2=Nc3ccccc3C3=NC(=O)C(CCC(=O)NCc4ccc5c(c4)OCO5)N23)cc1. The van der Waals surface area contributed by atoms with Gasteiger partial charge in [-0.3, -0.25) is 19.3 Å². The molecule has 3 aliphatic heterocycles. The van der Waals surface area contributed by atoms with Crippen LogP contribution in [-0.4, -0.2) is 67.2 Å². The zero-order valence-electron chi connectivity index (χ0n) is 24.5. The van der Waals surface area contributed by atoms with Crippen molar-refractivity contribution in [1.82, 2.24) is 15.5 Å². The number of rotatable bonds is 11. The van der Waals surface area contributed by atoms with Crippen molar-refractivity contribution in [3.8, 4) is 11.5 Å². The molecule has 6 rings (SSSR count). The monoisotopic (exact) mass is 662 g/mol. The lowest BCUT2D eigenvalue weighted by Crippen LogP contribution is -2.44. The Bertz CT molecular complexity index is 1860. The summed E-state index contributed by atoms with van der Waals surface area (Å²) in [6.07, 6.45) is 0.779. The number of thioether (sulfide) groups is 1. The molecule has 3 aliphatic rings. The van der Waals surface area contributed by atoms with E-state index in [0.29, 0.717) is 53.3 Å². The third-order valence-electron chi connectivity index (χ3n) is 7.50. The van der Waals surface area contributed by atoms with Crippen LogP contribution in [0.5, 0.6) is 11.5 Å². The van der Waals surface area contributed by atoms with Crippen LogP contribution in [0.4, 0.5) is 5.69 Å². The molecule has 1 atom stereocenters. The van der Waals surface area contributed by atoms with Gasteiger partial charge < -0.3 is 20.1 Å². The number of ether oxygens (including phenoxy) is 2. The standard InChI is InChI=1S/C31H30N6O7S2/c32-46(41,42)21-8-5-19(6-9-21)13-14-33-28(39)17-45-31-35-23-4-2-1-3-22(23)29-36-30(40)24(37(29)31)10-12-27(38)34-16-20-7-11-25-26(15-20)44-18-43-25/h1-9,11,15,24H,10,12-14,16-18H2,(H,33,39)(H,34,38)(H2,32,41,42). The average Bonchev–Trinajstić information content (AvgIpc) is 3.65. The predicted molar refractivity (Wildman–Crippen MR) is 171 cm³/mol. The van der Waals surface area contributed by atoms with E-state index >= 15 is 0 Å². The summed E-state index contributed by atoms with van der Waals surface area (Å²) in [5.41, 5.74) is 3.04. The quantitative estimate of drug-likeness (QED) is 0.277. The molecular weight excluding hydrogens is 633 g/mol. The summed E-state index contributed by atoms with van der Waals surface area (Å²) in [5.74, 6) is 0.947. The number of para-hydroxylation sites is 1. The van der Waals surface area contributed by atoms with Gasteiger partial charge in [-0.15, -0.1) is 0 Å². The molecule has 0 spiro atoms. The molecule has 0 bridgehead atoms. The minimum Gasteiger partial charge on any atom is -0.454 e. The van der Waals surface area contributed by atoms with Gasteiger partial charge in [0, 0.05) is 25.1 Å². The highest BCUT2D eigenvalue weighted by Gasteiger charge is 2.41. The van der Waals surface area contributed by atoms with Crippen LogP contribution in [0.25, 0.3) is 0 Å². The zero-order valence-corrected chi connectivity index (χ0v) is 26.1. The number of primary sulfonamides is 1. The first-order valence-electron chi connectivity index (χ1n) is 14.4. The second-order valence-electron chi connectivity index (χ2n) is 10.7. The summed E-state index contributed by atoms with van der Waals surface area (Å²) in [6.45, 7) is 0.801. The molecule has 13 nitrogen and oxygen atoms in total. The fourth-order valence-electron chi connectivity index (χ4n) is 5.16. The van der Waals surface area contributed by atoms with E-state index < -0.39 is 16.1 Å². The van der Waals surface area contributed by atoms with Crippen molar-refractivity contribution in [2.45, 2.75) is 36.7 Å². The number of hydrogen-bond acceptors (Lipinski definition) is 10. The molecule has 0 aliphatic carbocycles. The predicted octanol–water partition coefficient (Wildman–Crippen LogP) is 2.21. The number of aliphatic imine (C=N–C) groups is 2. The first-order chi connectivity index (χ1) is 22.2. The summed E-state index contributed by atoms with van der Waals surface area (Å²) in [4.78, 5) is 49.5. The van der Waals surface area contributed by atoms with E-state index in [-0.39, 0.29) is 48.0 Å². The number of nitrogens with one attached hydrogen (secondary N) is 2. The van der Waals surface area contributed by atoms with Gasteiger partial charge in [0.1, 0.15) is 11.9 Å². The molecule has 46 heavy (non-hydrogen) atoms. The van der Waals surface area contributed by atoms with Gasteiger partial charge in [-0.1, -0.05) is 42.1 Å². The first kappa shape index (κ1) is 31.3. The lowest BCUT2D eigenvalue weighted by atomic mass is 10.1. The van der Waals surface area contributed by atoms with Gasteiger partial charge in [0.05, 0.1) is 16.3 Å². The fraction of sp³-hybridized carbons (Fsp3) is 0.258. The van der Waals surface area contributed by atoms with Gasteiger partial charge in [0.15, 0.2) is 16.7 Å². The van der Waals surface area contributed by atoms with Crippen molar-refractivity contribution in [1.29, 1.82) is 0 Å². The van der Waals surface area contributed by atoms with Crippen LogP contribution in [-0.2, 0) is 37.4 Å². The highest BCUT2D eigenvalue weighted by Crippen LogP contribution is 2.35. The van der Waals surface area contributed by atoms with E-state index in [1.165, 1.54) is 23.9 Å². The number of amides is 3. The second kappa shape index (κ2) is 13.3. The van der Waals surface area contributed by atoms with Gasteiger partial charge in [0.25, 0.3) is 5.91 Å². The molecule has 0 fully saturated rings. The molecule has 0 saturated carbocycles. The smallest absolute Gasteiger partial charge is 0.270 e. The molecule has 0 aromatic heterocycles. The van der Waals surface area contributed by atoms with E-state index in [1.54, 1.807) is 23.1 Å². The number of amidine groups is 2. The minimum atomic E-state index is -3.77. The van der Waals surface area contributed by atoms with Crippen LogP contribution in [0, 0.1) is 0 Å². The normalized spacial score (nSPS) is 16.3. The van der Waals surface area contributed by atoms with Crippen molar-refractivity contribution >= 4 is 56.2 Å². The van der Waals surface area contributed by atoms with Crippen LogP contribution in [0.1, 0.15) is 29.5 Å². The van der Waals surface area contributed by atoms with Crippen molar-refractivity contribution in [3.05, 3.63) is 83.4 Å². The molecule has 4 N–H and O–H groups in total. The molecule has 3 heterocycles. The topological polar surface area (TPSA) is 182 Å². The molecule has 0 radical (unpaired) electrons. The third kappa shape index (κ3) is 7.06. The highest BCUT2D eigenvalue weighted by atomic mass is 32.2. The summed E-state index contributed by atoms with van der Waals surface area (Å²) >= 11 is 1.18. The maximum Gasteiger partial charge on any atom is 0.270 e.